The van der Waals surface area contributed by atoms with Gasteiger partial charge in [-0.1, -0.05) is 0 Å². The molecule has 1 heterocycles. The van der Waals surface area contributed by atoms with Crippen molar-refractivity contribution >= 4 is 16.9 Å². The summed E-state index contributed by atoms with van der Waals surface area (Å²) in [6.07, 6.45) is 0.763. The maximum atomic E-state index is 13.4. The van der Waals surface area contributed by atoms with E-state index in [2.05, 4.69) is 10.3 Å². The molecule has 0 bridgehead atoms. The smallest absolute Gasteiger partial charge is 0.231 e. The maximum absolute atomic E-state index is 13.4. The quantitative estimate of drug-likeness (QED) is 0.507. The van der Waals surface area contributed by atoms with Gasteiger partial charge in [-0.15, -0.1) is 0 Å². The lowest BCUT2D eigenvalue weighted by molar-refractivity contribution is -0.117. The van der Waals surface area contributed by atoms with Crippen LogP contribution >= 0.6 is 0 Å². The molecule has 0 aliphatic carbocycles. The van der Waals surface area contributed by atoms with E-state index in [1.807, 2.05) is 4.57 Å². The highest BCUT2D eigenvalue weighted by Crippen LogP contribution is 2.27. The molecule has 0 spiro atoms. The fourth-order valence-corrected chi connectivity index (χ4v) is 2.94. The molecule has 0 unspecified atom stereocenters. The number of hydrogen-bond acceptors (Lipinski definition) is 5. The zero-order chi connectivity index (χ0) is 20.8. The molecule has 0 saturated heterocycles. The number of halogens is 2. The van der Waals surface area contributed by atoms with Crippen LogP contribution in [0.5, 0.6) is 11.5 Å². The van der Waals surface area contributed by atoms with E-state index in [-0.39, 0.29) is 12.3 Å². The number of imidazole rings is 1. The Morgan fingerprint density at radius 1 is 1.17 bits per heavy atom. The van der Waals surface area contributed by atoms with Crippen molar-refractivity contribution in [3.05, 3.63) is 53.9 Å². The molecule has 1 aromatic heterocycles. The van der Waals surface area contributed by atoms with Crippen LogP contribution in [-0.4, -0.2) is 35.7 Å². The largest absolute Gasteiger partial charge is 0.457 e. The lowest BCUT2D eigenvalue weighted by Crippen LogP contribution is -2.29. The van der Waals surface area contributed by atoms with Crippen LogP contribution in [0, 0.1) is 11.6 Å². The number of aryl methyl sites for hydroxylation is 1. The van der Waals surface area contributed by atoms with Gasteiger partial charge in [-0.3, -0.25) is 4.79 Å². The highest BCUT2D eigenvalue weighted by Gasteiger charge is 2.13. The number of aromatic nitrogens is 2. The number of carbonyl (C=O) groups excluding carboxylic acids is 1. The van der Waals surface area contributed by atoms with Crippen molar-refractivity contribution in [2.45, 2.75) is 19.5 Å². The summed E-state index contributed by atoms with van der Waals surface area (Å²) < 4.78 is 39.3. The molecule has 2 aromatic carbocycles. The van der Waals surface area contributed by atoms with E-state index in [4.69, 9.17) is 15.2 Å². The first-order chi connectivity index (χ1) is 14.0. The third-order valence-electron chi connectivity index (χ3n) is 4.24. The first-order valence-electron chi connectivity index (χ1n) is 9.08. The van der Waals surface area contributed by atoms with Crippen LogP contribution in [0.3, 0.4) is 0 Å². The summed E-state index contributed by atoms with van der Waals surface area (Å²) in [6, 6.07) is 8.65. The van der Waals surface area contributed by atoms with Gasteiger partial charge in [0.25, 0.3) is 0 Å². The number of hydrogen-bond donors (Lipinski definition) is 2. The Morgan fingerprint density at radius 2 is 1.93 bits per heavy atom. The standard InChI is InChI=1S/C20H22F2N4O3/c1-28-8-2-7-26-18-10-14(29-13-3-5-15(21)16(22)9-13)4-6-17(18)25-20(26)12-24-11-19(23)27/h3-6,9-10,24H,2,7-8,11-12H2,1H3,(H2,23,27). The zero-order valence-corrected chi connectivity index (χ0v) is 16.0. The Balaban J connectivity index is 1.88. The van der Waals surface area contributed by atoms with Gasteiger partial charge in [0.15, 0.2) is 11.6 Å². The second kappa shape index (κ2) is 9.44. The summed E-state index contributed by atoms with van der Waals surface area (Å²) in [4.78, 5) is 15.6. The number of benzene rings is 2. The fourth-order valence-electron chi connectivity index (χ4n) is 2.94. The normalized spacial score (nSPS) is 11.1. The molecule has 3 aromatic rings. The van der Waals surface area contributed by atoms with E-state index < -0.39 is 17.5 Å². The van der Waals surface area contributed by atoms with Crippen molar-refractivity contribution in [1.82, 2.24) is 14.9 Å². The topological polar surface area (TPSA) is 91.4 Å². The molecule has 3 rings (SSSR count). The van der Waals surface area contributed by atoms with E-state index >= 15 is 0 Å². The average Bonchev–Trinajstić information content (AvgIpc) is 3.02. The Labute approximate surface area is 166 Å². The number of rotatable bonds is 10. The molecule has 0 aliphatic heterocycles. The monoisotopic (exact) mass is 404 g/mol. The van der Waals surface area contributed by atoms with Crippen molar-refractivity contribution in [3.8, 4) is 11.5 Å². The molecule has 154 valence electrons. The van der Waals surface area contributed by atoms with Gasteiger partial charge in [0.1, 0.15) is 17.3 Å². The third-order valence-corrected chi connectivity index (χ3v) is 4.24. The van der Waals surface area contributed by atoms with Crippen LogP contribution in [0.25, 0.3) is 11.0 Å². The maximum Gasteiger partial charge on any atom is 0.231 e. The van der Waals surface area contributed by atoms with Gasteiger partial charge in [0.05, 0.1) is 24.1 Å². The minimum Gasteiger partial charge on any atom is -0.457 e. The van der Waals surface area contributed by atoms with Gasteiger partial charge in [0.2, 0.25) is 5.91 Å². The third kappa shape index (κ3) is 5.27. The molecule has 7 nitrogen and oxygen atoms in total. The summed E-state index contributed by atoms with van der Waals surface area (Å²) in [5, 5.41) is 2.96. The van der Waals surface area contributed by atoms with E-state index in [0.717, 1.165) is 35.4 Å². The molecule has 0 saturated carbocycles. The second-order valence-electron chi connectivity index (χ2n) is 6.42. The first-order valence-corrected chi connectivity index (χ1v) is 9.08. The van der Waals surface area contributed by atoms with Crippen LogP contribution in [-0.2, 0) is 22.6 Å². The summed E-state index contributed by atoms with van der Waals surface area (Å²) in [7, 11) is 1.63. The number of methoxy groups -OCH3 is 1. The number of amides is 1. The van der Waals surface area contributed by atoms with Crippen molar-refractivity contribution in [1.29, 1.82) is 0 Å². The Hall–Kier alpha value is -3.04. The number of primary amides is 1. The Morgan fingerprint density at radius 3 is 2.66 bits per heavy atom. The molecule has 3 N–H and O–H groups in total. The molecule has 1 amide bonds. The number of nitrogens with two attached hydrogens (primary N) is 1. The molecule has 9 heteroatoms. The average molecular weight is 404 g/mol. The van der Waals surface area contributed by atoms with Crippen LogP contribution in [0.2, 0.25) is 0 Å². The number of carbonyl (C=O) groups is 1. The van der Waals surface area contributed by atoms with E-state index in [9.17, 15) is 13.6 Å². The van der Waals surface area contributed by atoms with Gasteiger partial charge in [0, 0.05) is 32.4 Å². The summed E-state index contributed by atoms with van der Waals surface area (Å²) >= 11 is 0. The van der Waals surface area contributed by atoms with Gasteiger partial charge >= 0.3 is 0 Å². The van der Waals surface area contributed by atoms with Gasteiger partial charge in [-0.25, -0.2) is 13.8 Å². The lowest BCUT2D eigenvalue weighted by atomic mass is 10.2. The van der Waals surface area contributed by atoms with Crippen LogP contribution < -0.4 is 15.8 Å². The van der Waals surface area contributed by atoms with Gasteiger partial charge in [-0.05, 0) is 30.7 Å². The number of nitrogens with zero attached hydrogens (tertiary/aromatic N) is 2. The molecule has 0 fully saturated rings. The predicted octanol–water partition coefficient (Wildman–Crippen LogP) is 2.72. The SMILES string of the molecule is COCCCn1c(CNCC(N)=O)nc2ccc(Oc3ccc(F)c(F)c3)cc21. The van der Waals surface area contributed by atoms with Gasteiger partial charge < -0.3 is 25.1 Å². The molecule has 0 radical (unpaired) electrons. The van der Waals surface area contributed by atoms with E-state index in [0.29, 0.717) is 25.4 Å². The van der Waals surface area contributed by atoms with Crippen LogP contribution in [0.15, 0.2) is 36.4 Å². The predicted molar refractivity (Wildman–Crippen MR) is 104 cm³/mol. The molecular weight excluding hydrogens is 382 g/mol. The number of fused-ring (bicyclic) bond motifs is 1. The van der Waals surface area contributed by atoms with Crippen molar-refractivity contribution in [2.24, 2.45) is 5.73 Å². The fraction of sp³-hybridized carbons (Fsp3) is 0.300. The van der Waals surface area contributed by atoms with Gasteiger partial charge in [-0.2, -0.15) is 0 Å². The lowest BCUT2D eigenvalue weighted by Gasteiger charge is -2.10. The van der Waals surface area contributed by atoms with E-state index in [1.54, 1.807) is 25.3 Å². The summed E-state index contributed by atoms with van der Waals surface area (Å²) in [6.45, 7) is 1.64. The summed E-state index contributed by atoms with van der Waals surface area (Å²) in [5.41, 5.74) is 6.73. The summed E-state index contributed by atoms with van der Waals surface area (Å²) in [5.74, 6) is -0.963. The Kier molecular flexibility index (Phi) is 6.73. The number of ether oxygens (including phenoxy) is 2. The molecule has 0 aliphatic rings. The number of nitrogens with one attached hydrogen (secondary N) is 1. The van der Waals surface area contributed by atoms with Crippen molar-refractivity contribution in [2.75, 3.05) is 20.3 Å². The minimum atomic E-state index is -0.976. The highest BCUT2D eigenvalue weighted by molar-refractivity contribution is 5.78. The second-order valence-corrected chi connectivity index (χ2v) is 6.42. The molecule has 29 heavy (non-hydrogen) atoms. The van der Waals surface area contributed by atoms with Crippen molar-refractivity contribution < 1.29 is 23.0 Å². The minimum absolute atomic E-state index is 0.0474. The zero-order valence-electron chi connectivity index (χ0n) is 16.0. The highest BCUT2D eigenvalue weighted by atomic mass is 19.2. The Bertz CT molecular complexity index is 1010. The first kappa shape index (κ1) is 20.7. The van der Waals surface area contributed by atoms with Crippen LogP contribution in [0.1, 0.15) is 12.2 Å². The molecular formula is C20H22F2N4O3. The van der Waals surface area contributed by atoms with Crippen molar-refractivity contribution in [3.63, 3.8) is 0 Å². The van der Waals surface area contributed by atoms with Crippen LogP contribution in [0.4, 0.5) is 8.78 Å². The molecule has 0 atom stereocenters. The van der Waals surface area contributed by atoms with E-state index in [1.165, 1.54) is 6.07 Å².